The lowest BCUT2D eigenvalue weighted by molar-refractivity contribution is -0.161. The smallest absolute Gasteiger partial charge is 0.462 e. The summed E-state index contributed by atoms with van der Waals surface area (Å²) in [5.41, 5.74) is 0. The second-order valence-electron chi connectivity index (χ2n) is 13.2. The third kappa shape index (κ3) is 37.4. The van der Waals surface area contributed by atoms with Gasteiger partial charge < -0.3 is 19.3 Å². The fraction of sp³-hybridized carbons (Fsp3) is 0.846. The normalized spacial score (nSPS) is 12.7. The van der Waals surface area contributed by atoms with Gasteiger partial charge in [0.1, 0.15) is 6.61 Å². The molecule has 0 amide bonds. The average Bonchev–Trinajstić information content (AvgIpc) is 3.05. The van der Waals surface area contributed by atoms with Gasteiger partial charge in [-0.2, -0.15) is 0 Å². The number of allylic oxidation sites excluding steroid dienone is 4. The van der Waals surface area contributed by atoms with E-state index in [-0.39, 0.29) is 19.4 Å². The van der Waals surface area contributed by atoms with Crippen molar-refractivity contribution in [1.29, 1.82) is 0 Å². The molecule has 1 atom stereocenters. The minimum atomic E-state index is -4.75. The molecule has 0 radical (unpaired) electrons. The quantitative estimate of drug-likeness (QED) is 0.0287. The highest BCUT2D eigenvalue weighted by atomic mass is 31.2. The molecule has 0 aliphatic heterocycles. The average molecular weight is 701 g/mol. The summed E-state index contributed by atoms with van der Waals surface area (Å²) in [5, 5.41) is 0. The molecule has 0 spiro atoms. The number of esters is 2. The van der Waals surface area contributed by atoms with Crippen molar-refractivity contribution in [3.63, 3.8) is 0 Å². The molecule has 9 heteroatoms. The number of phosphoric ester groups is 1. The van der Waals surface area contributed by atoms with Gasteiger partial charge in [-0.15, -0.1) is 0 Å². The largest absolute Gasteiger partial charge is 0.469 e. The van der Waals surface area contributed by atoms with Crippen LogP contribution in [0.5, 0.6) is 0 Å². The number of carbonyl (C=O) groups excluding carboxylic acids is 2. The predicted octanol–water partition coefficient (Wildman–Crippen LogP) is 11.6. The Hall–Kier alpha value is -1.47. The number of hydrogen-bond acceptors (Lipinski definition) is 6. The number of phosphoric acid groups is 1. The van der Waals surface area contributed by atoms with E-state index in [9.17, 15) is 14.2 Å². The number of unbranched alkanes of at least 4 members (excludes halogenated alkanes) is 22. The zero-order valence-electron chi connectivity index (χ0n) is 30.9. The lowest BCUT2D eigenvalue weighted by Gasteiger charge is -2.18. The van der Waals surface area contributed by atoms with Gasteiger partial charge in [-0.25, -0.2) is 4.57 Å². The van der Waals surface area contributed by atoms with Gasteiger partial charge in [0.2, 0.25) is 0 Å². The Morgan fingerprint density at radius 1 is 0.521 bits per heavy atom. The first kappa shape index (κ1) is 46.5. The van der Waals surface area contributed by atoms with Crippen LogP contribution < -0.4 is 0 Å². The van der Waals surface area contributed by atoms with Gasteiger partial charge >= 0.3 is 19.8 Å². The van der Waals surface area contributed by atoms with Crippen LogP contribution in [0.4, 0.5) is 0 Å². The first-order valence-electron chi connectivity index (χ1n) is 19.6. The van der Waals surface area contributed by atoms with Crippen LogP contribution in [0.25, 0.3) is 0 Å². The molecule has 0 fully saturated rings. The van der Waals surface area contributed by atoms with E-state index in [1.165, 1.54) is 89.9 Å². The van der Waals surface area contributed by atoms with Gasteiger partial charge in [-0.05, 0) is 64.2 Å². The summed E-state index contributed by atoms with van der Waals surface area (Å²) in [5.74, 6) is -0.901. The molecule has 8 nitrogen and oxygen atoms in total. The summed E-state index contributed by atoms with van der Waals surface area (Å²) in [7, 11) is -4.75. The number of rotatable bonds is 36. The Kier molecular flexibility index (Phi) is 34.3. The number of carbonyl (C=O) groups is 2. The maximum atomic E-state index is 12.4. The molecule has 0 rings (SSSR count). The number of hydrogen-bond donors (Lipinski definition) is 2. The van der Waals surface area contributed by atoms with Crippen LogP contribution in [0.2, 0.25) is 0 Å². The summed E-state index contributed by atoms with van der Waals surface area (Å²) in [6.07, 6.45) is 38.9. The molecule has 2 N–H and O–H groups in total. The summed E-state index contributed by atoms with van der Waals surface area (Å²) >= 11 is 0. The monoisotopic (exact) mass is 701 g/mol. The van der Waals surface area contributed by atoms with Crippen LogP contribution in [0, 0.1) is 0 Å². The van der Waals surface area contributed by atoms with Crippen molar-refractivity contribution in [1.82, 2.24) is 0 Å². The van der Waals surface area contributed by atoms with Gasteiger partial charge in [-0.1, -0.05) is 141 Å². The molecular weight excluding hydrogens is 627 g/mol. The second kappa shape index (κ2) is 35.4. The Balaban J connectivity index is 3.97. The van der Waals surface area contributed by atoms with Gasteiger partial charge in [0.05, 0.1) is 6.61 Å². The van der Waals surface area contributed by atoms with Crippen molar-refractivity contribution in [3.05, 3.63) is 24.3 Å². The van der Waals surface area contributed by atoms with Crippen molar-refractivity contribution in [3.8, 4) is 0 Å². The summed E-state index contributed by atoms with van der Waals surface area (Å²) in [4.78, 5) is 42.7. The highest BCUT2D eigenvalue weighted by Gasteiger charge is 2.22. The molecule has 282 valence electrons. The van der Waals surface area contributed by atoms with Crippen LogP contribution >= 0.6 is 7.82 Å². The molecule has 0 saturated heterocycles. The summed E-state index contributed by atoms with van der Waals surface area (Å²) < 4.78 is 26.3. The van der Waals surface area contributed by atoms with Crippen molar-refractivity contribution >= 4 is 19.8 Å². The molecule has 0 aromatic heterocycles. The summed E-state index contributed by atoms with van der Waals surface area (Å²) in [6, 6.07) is 0. The second-order valence-corrected chi connectivity index (χ2v) is 14.5. The van der Waals surface area contributed by atoms with E-state index < -0.39 is 32.5 Å². The third-order valence-electron chi connectivity index (χ3n) is 8.44. The van der Waals surface area contributed by atoms with Gasteiger partial charge in [0.25, 0.3) is 0 Å². The van der Waals surface area contributed by atoms with Crippen LogP contribution in [-0.4, -0.2) is 41.0 Å². The van der Waals surface area contributed by atoms with Crippen molar-refractivity contribution in [2.45, 2.75) is 200 Å². The Labute approximate surface area is 294 Å². The van der Waals surface area contributed by atoms with Crippen molar-refractivity contribution < 1.29 is 37.9 Å². The van der Waals surface area contributed by atoms with E-state index in [0.717, 1.165) is 64.2 Å². The van der Waals surface area contributed by atoms with Gasteiger partial charge in [0.15, 0.2) is 6.10 Å². The van der Waals surface area contributed by atoms with Gasteiger partial charge in [0, 0.05) is 12.8 Å². The van der Waals surface area contributed by atoms with Crippen LogP contribution in [0.1, 0.15) is 194 Å². The van der Waals surface area contributed by atoms with E-state index in [2.05, 4.69) is 42.7 Å². The zero-order chi connectivity index (χ0) is 35.4. The number of ether oxygens (including phenoxy) is 2. The first-order chi connectivity index (χ1) is 23.3. The SMILES string of the molecule is CCCCCCCC/C=C\CCCCCCCC(=O)OC[C@H](COP(=O)(O)O)OC(=O)CCCCCCC/C=C\CCCCCCCC. The first-order valence-corrected chi connectivity index (χ1v) is 21.2. The topological polar surface area (TPSA) is 119 Å². The molecule has 48 heavy (non-hydrogen) atoms. The van der Waals surface area contributed by atoms with E-state index in [0.29, 0.717) is 12.8 Å². The Morgan fingerprint density at radius 3 is 1.27 bits per heavy atom. The van der Waals surface area contributed by atoms with Gasteiger partial charge in [-0.3, -0.25) is 14.1 Å². The van der Waals surface area contributed by atoms with Crippen molar-refractivity contribution in [2.24, 2.45) is 0 Å². The zero-order valence-corrected chi connectivity index (χ0v) is 31.8. The highest BCUT2D eigenvalue weighted by Crippen LogP contribution is 2.36. The fourth-order valence-electron chi connectivity index (χ4n) is 5.48. The lowest BCUT2D eigenvalue weighted by Crippen LogP contribution is -2.29. The lowest BCUT2D eigenvalue weighted by atomic mass is 10.1. The predicted molar refractivity (Wildman–Crippen MR) is 198 cm³/mol. The molecular formula is C39H73O8P. The molecule has 0 saturated carbocycles. The molecule has 0 heterocycles. The molecule has 0 aromatic rings. The molecule has 0 aliphatic rings. The van der Waals surface area contributed by atoms with Crippen LogP contribution in [0.15, 0.2) is 24.3 Å². The molecule has 0 bridgehead atoms. The van der Waals surface area contributed by atoms with E-state index in [4.69, 9.17) is 19.3 Å². The Bertz CT molecular complexity index is 838. The van der Waals surface area contributed by atoms with E-state index in [1.807, 2.05) is 0 Å². The minimum Gasteiger partial charge on any atom is -0.462 e. The maximum absolute atomic E-state index is 12.4. The maximum Gasteiger partial charge on any atom is 0.469 e. The third-order valence-corrected chi connectivity index (χ3v) is 8.93. The van der Waals surface area contributed by atoms with E-state index in [1.54, 1.807) is 0 Å². The fourth-order valence-corrected chi connectivity index (χ4v) is 5.84. The van der Waals surface area contributed by atoms with Crippen LogP contribution in [0.3, 0.4) is 0 Å². The summed E-state index contributed by atoms with van der Waals surface area (Å²) in [6.45, 7) is 3.66. The van der Waals surface area contributed by atoms with Crippen LogP contribution in [-0.2, 0) is 28.2 Å². The standard InChI is InChI=1S/C39H73O8P/c1-3-5-7-9-11-13-15-17-19-21-23-25-27-29-31-33-38(40)45-35-37(36-46-48(42,43)44)47-39(41)34-32-30-28-26-24-22-20-18-16-14-12-10-8-6-4-2/h17-20,37H,3-16,21-36H2,1-2H3,(H2,42,43,44)/b19-17-,20-18-/t37-/m1/s1. The Morgan fingerprint density at radius 2 is 0.875 bits per heavy atom. The van der Waals surface area contributed by atoms with E-state index >= 15 is 0 Å². The minimum absolute atomic E-state index is 0.202. The molecule has 0 aliphatic carbocycles. The van der Waals surface area contributed by atoms with Crippen molar-refractivity contribution in [2.75, 3.05) is 13.2 Å². The molecule has 0 aromatic carbocycles. The molecule has 0 unspecified atom stereocenters. The highest BCUT2D eigenvalue weighted by molar-refractivity contribution is 7.46.